The Balaban J connectivity index is 2.80. The van der Waals surface area contributed by atoms with E-state index in [0.717, 1.165) is 31.0 Å². The number of hydrogen-bond acceptors (Lipinski definition) is 3. The minimum atomic E-state index is 0.922. The zero-order chi connectivity index (χ0) is 12.8. The van der Waals surface area contributed by atoms with Crippen LogP contribution in [-0.2, 0) is 6.54 Å². The van der Waals surface area contributed by atoms with Gasteiger partial charge >= 0.3 is 0 Å². The van der Waals surface area contributed by atoms with Gasteiger partial charge in [-0.05, 0) is 61.7 Å². The van der Waals surface area contributed by atoms with Crippen molar-refractivity contribution < 1.29 is 4.74 Å². The first-order valence-corrected chi connectivity index (χ1v) is 6.70. The number of thiol groups is 1. The number of benzene rings is 1. The SMILES string of the molecule is COc1c(C)cc(CNCCCS)c(C)c1C. The lowest BCUT2D eigenvalue weighted by molar-refractivity contribution is 0.408. The van der Waals surface area contributed by atoms with Gasteiger partial charge in [-0.3, -0.25) is 0 Å². The molecule has 3 heteroatoms. The summed E-state index contributed by atoms with van der Waals surface area (Å²) in [4.78, 5) is 0. The Labute approximate surface area is 110 Å². The van der Waals surface area contributed by atoms with Crippen molar-refractivity contribution in [2.75, 3.05) is 19.4 Å². The fraction of sp³-hybridized carbons (Fsp3) is 0.571. The van der Waals surface area contributed by atoms with Crippen LogP contribution in [0.2, 0.25) is 0 Å². The molecule has 17 heavy (non-hydrogen) atoms. The summed E-state index contributed by atoms with van der Waals surface area (Å²) in [6.45, 7) is 8.33. The van der Waals surface area contributed by atoms with Crippen molar-refractivity contribution in [2.45, 2.75) is 33.7 Å². The van der Waals surface area contributed by atoms with Gasteiger partial charge < -0.3 is 10.1 Å². The molecule has 0 aliphatic carbocycles. The molecule has 1 N–H and O–H groups in total. The smallest absolute Gasteiger partial charge is 0.124 e. The quantitative estimate of drug-likeness (QED) is 0.600. The molecule has 0 atom stereocenters. The molecule has 1 aromatic rings. The van der Waals surface area contributed by atoms with Crippen molar-refractivity contribution in [1.29, 1.82) is 0 Å². The van der Waals surface area contributed by atoms with E-state index >= 15 is 0 Å². The van der Waals surface area contributed by atoms with E-state index in [-0.39, 0.29) is 0 Å². The van der Waals surface area contributed by atoms with Crippen molar-refractivity contribution in [2.24, 2.45) is 0 Å². The standard InChI is InChI=1S/C14H23NOS/c1-10-8-13(9-15-6-5-7-17)11(2)12(3)14(10)16-4/h8,15,17H,5-7,9H2,1-4H3. The monoisotopic (exact) mass is 253 g/mol. The minimum absolute atomic E-state index is 0.922. The van der Waals surface area contributed by atoms with Gasteiger partial charge in [0.05, 0.1) is 7.11 Å². The van der Waals surface area contributed by atoms with E-state index in [1.807, 2.05) is 0 Å². The fourth-order valence-corrected chi connectivity index (χ4v) is 2.22. The molecule has 0 aliphatic heterocycles. The van der Waals surface area contributed by atoms with Crippen LogP contribution in [0.3, 0.4) is 0 Å². The summed E-state index contributed by atoms with van der Waals surface area (Å²) in [5, 5.41) is 3.45. The van der Waals surface area contributed by atoms with Crippen molar-refractivity contribution in [3.63, 3.8) is 0 Å². The molecule has 0 fully saturated rings. The maximum absolute atomic E-state index is 5.42. The van der Waals surface area contributed by atoms with E-state index in [4.69, 9.17) is 4.74 Å². The number of aryl methyl sites for hydroxylation is 1. The van der Waals surface area contributed by atoms with Crippen LogP contribution in [0.5, 0.6) is 5.75 Å². The largest absolute Gasteiger partial charge is 0.496 e. The van der Waals surface area contributed by atoms with Crippen LogP contribution in [0.4, 0.5) is 0 Å². The molecule has 0 saturated carbocycles. The molecule has 1 rings (SSSR count). The molecular formula is C14H23NOS. The topological polar surface area (TPSA) is 21.3 Å². The third-order valence-electron chi connectivity index (χ3n) is 3.16. The summed E-state index contributed by atoms with van der Waals surface area (Å²) < 4.78 is 5.42. The predicted molar refractivity (Wildman–Crippen MR) is 77.4 cm³/mol. The molecule has 0 bridgehead atoms. The third kappa shape index (κ3) is 3.65. The lowest BCUT2D eigenvalue weighted by Gasteiger charge is -2.16. The van der Waals surface area contributed by atoms with Crippen LogP contribution < -0.4 is 10.1 Å². The van der Waals surface area contributed by atoms with Gasteiger partial charge in [0.25, 0.3) is 0 Å². The van der Waals surface area contributed by atoms with Crippen molar-refractivity contribution in [3.05, 3.63) is 28.3 Å². The summed E-state index contributed by atoms with van der Waals surface area (Å²) in [7, 11) is 1.74. The predicted octanol–water partition coefficient (Wildman–Crippen LogP) is 3.03. The number of nitrogens with one attached hydrogen (secondary N) is 1. The van der Waals surface area contributed by atoms with Crippen LogP contribution in [0.15, 0.2) is 6.07 Å². The molecule has 0 saturated heterocycles. The lowest BCUT2D eigenvalue weighted by Crippen LogP contribution is -2.16. The zero-order valence-corrected chi connectivity index (χ0v) is 12.2. The first kappa shape index (κ1) is 14.4. The van der Waals surface area contributed by atoms with E-state index in [2.05, 4.69) is 44.8 Å². The Morgan fingerprint density at radius 3 is 2.53 bits per heavy atom. The van der Waals surface area contributed by atoms with E-state index < -0.39 is 0 Å². The maximum atomic E-state index is 5.42. The molecule has 0 unspecified atom stereocenters. The van der Waals surface area contributed by atoms with Gasteiger partial charge in [-0.25, -0.2) is 0 Å². The third-order valence-corrected chi connectivity index (χ3v) is 3.48. The molecular weight excluding hydrogens is 230 g/mol. The van der Waals surface area contributed by atoms with Gasteiger partial charge in [0.15, 0.2) is 0 Å². The molecule has 0 aromatic heterocycles. The Hall–Kier alpha value is -0.670. The Kier molecular flexibility index (Phi) is 5.86. The van der Waals surface area contributed by atoms with E-state index in [1.54, 1.807) is 7.11 Å². The Morgan fingerprint density at radius 1 is 1.24 bits per heavy atom. The van der Waals surface area contributed by atoms with Crippen LogP contribution in [-0.4, -0.2) is 19.4 Å². The molecule has 2 nitrogen and oxygen atoms in total. The van der Waals surface area contributed by atoms with Crippen LogP contribution >= 0.6 is 12.6 Å². The summed E-state index contributed by atoms with van der Waals surface area (Å²) in [6.07, 6.45) is 1.11. The summed E-state index contributed by atoms with van der Waals surface area (Å²) in [5.41, 5.74) is 5.14. The Bertz CT molecular complexity index is 377. The second kappa shape index (κ2) is 6.92. The van der Waals surface area contributed by atoms with Crippen molar-refractivity contribution >= 4 is 12.6 Å². The zero-order valence-electron chi connectivity index (χ0n) is 11.3. The highest BCUT2D eigenvalue weighted by Gasteiger charge is 2.09. The van der Waals surface area contributed by atoms with Gasteiger partial charge in [0.1, 0.15) is 5.75 Å². The second-order valence-corrected chi connectivity index (χ2v) is 4.84. The minimum Gasteiger partial charge on any atom is -0.496 e. The van der Waals surface area contributed by atoms with Crippen LogP contribution in [0.1, 0.15) is 28.7 Å². The van der Waals surface area contributed by atoms with E-state index in [0.29, 0.717) is 0 Å². The molecule has 0 amide bonds. The average Bonchev–Trinajstić information content (AvgIpc) is 2.31. The highest BCUT2D eigenvalue weighted by Crippen LogP contribution is 2.28. The van der Waals surface area contributed by atoms with Crippen molar-refractivity contribution in [3.8, 4) is 5.75 Å². The van der Waals surface area contributed by atoms with Gasteiger partial charge in [-0.2, -0.15) is 12.6 Å². The summed E-state index contributed by atoms with van der Waals surface area (Å²) >= 11 is 4.20. The number of rotatable bonds is 6. The first-order valence-electron chi connectivity index (χ1n) is 6.07. The van der Waals surface area contributed by atoms with Gasteiger partial charge in [0.2, 0.25) is 0 Å². The molecule has 0 heterocycles. The number of hydrogen-bond donors (Lipinski definition) is 2. The average molecular weight is 253 g/mol. The van der Waals surface area contributed by atoms with Gasteiger partial charge in [0, 0.05) is 6.54 Å². The van der Waals surface area contributed by atoms with Gasteiger partial charge in [-0.1, -0.05) is 6.07 Å². The second-order valence-electron chi connectivity index (χ2n) is 4.39. The van der Waals surface area contributed by atoms with E-state index in [9.17, 15) is 0 Å². The van der Waals surface area contributed by atoms with Crippen LogP contribution in [0.25, 0.3) is 0 Å². The van der Waals surface area contributed by atoms with Crippen molar-refractivity contribution in [1.82, 2.24) is 5.32 Å². The fourth-order valence-electron chi connectivity index (χ4n) is 2.07. The van der Waals surface area contributed by atoms with Gasteiger partial charge in [-0.15, -0.1) is 0 Å². The summed E-state index contributed by atoms with van der Waals surface area (Å²) in [6, 6.07) is 2.22. The molecule has 1 aromatic carbocycles. The van der Waals surface area contributed by atoms with Crippen LogP contribution in [0, 0.1) is 20.8 Å². The molecule has 0 radical (unpaired) electrons. The Morgan fingerprint density at radius 2 is 1.94 bits per heavy atom. The highest BCUT2D eigenvalue weighted by molar-refractivity contribution is 7.80. The summed E-state index contributed by atoms with van der Waals surface area (Å²) in [5.74, 6) is 1.95. The molecule has 0 aliphatic rings. The first-order chi connectivity index (χ1) is 8.11. The maximum Gasteiger partial charge on any atom is 0.124 e. The number of ether oxygens (including phenoxy) is 1. The lowest BCUT2D eigenvalue weighted by atomic mass is 9.98. The molecule has 96 valence electrons. The highest BCUT2D eigenvalue weighted by atomic mass is 32.1. The molecule has 0 spiro atoms. The number of methoxy groups -OCH3 is 1. The van der Waals surface area contributed by atoms with E-state index in [1.165, 1.54) is 22.3 Å². The normalized spacial score (nSPS) is 10.6.